The van der Waals surface area contributed by atoms with Crippen LogP contribution in [0.1, 0.15) is 17.0 Å². The molecule has 1 atom stereocenters. The van der Waals surface area contributed by atoms with Crippen molar-refractivity contribution in [3.63, 3.8) is 0 Å². The van der Waals surface area contributed by atoms with Crippen molar-refractivity contribution in [2.75, 3.05) is 16.9 Å². The fourth-order valence-electron chi connectivity index (χ4n) is 2.74. The molecule has 1 aromatic carbocycles. The van der Waals surface area contributed by atoms with Crippen molar-refractivity contribution in [1.82, 2.24) is 9.88 Å². The molecule has 1 unspecified atom stereocenters. The van der Waals surface area contributed by atoms with Crippen LogP contribution < -0.4 is 15.4 Å². The molecular weight excluding hydrogens is 304 g/mol. The molecule has 0 spiro atoms. The lowest BCUT2D eigenvalue weighted by atomic mass is 10.00. The van der Waals surface area contributed by atoms with Gasteiger partial charge < -0.3 is 15.2 Å². The Hall–Kier alpha value is -2.06. The summed E-state index contributed by atoms with van der Waals surface area (Å²) in [4.78, 5) is 0. The molecule has 3 N–H and O–H groups in total. The highest BCUT2D eigenvalue weighted by Gasteiger charge is 2.25. The van der Waals surface area contributed by atoms with Gasteiger partial charge in [0.15, 0.2) is 6.29 Å². The molecule has 7 nitrogen and oxygen atoms in total. The average Bonchev–Trinajstić information content (AvgIpc) is 2.91. The Bertz CT molecular complexity index is 823. The van der Waals surface area contributed by atoms with E-state index in [1.807, 2.05) is 32.9 Å². The van der Waals surface area contributed by atoms with Crippen LogP contribution >= 0.6 is 0 Å². The highest BCUT2D eigenvalue weighted by molar-refractivity contribution is 7.88. The Labute approximate surface area is 129 Å². The lowest BCUT2D eigenvalue weighted by Gasteiger charge is -2.12. The highest BCUT2D eigenvalue weighted by atomic mass is 32.2. The molecule has 118 valence electrons. The molecule has 2 aromatic rings. The quantitative estimate of drug-likeness (QED) is 0.799. The third-order valence-electron chi connectivity index (χ3n) is 3.58. The molecule has 0 saturated heterocycles. The second-order valence-electron chi connectivity index (χ2n) is 5.53. The number of aromatic nitrogens is 1. The summed E-state index contributed by atoms with van der Waals surface area (Å²) >= 11 is 0. The standard InChI is InChI=1S/C14H18N4O3S/c1-7-5-10(12-8(2)17-21-9(12)3)6-11-13(7)16-14(15-11)18-22(4,19)20/h5-6,14-16,18H,1-4H3. The van der Waals surface area contributed by atoms with Gasteiger partial charge in [0.2, 0.25) is 10.0 Å². The number of hydrogen-bond donors (Lipinski definition) is 3. The maximum absolute atomic E-state index is 11.4. The monoisotopic (exact) mass is 322 g/mol. The molecule has 1 aromatic heterocycles. The first kappa shape index (κ1) is 14.9. The van der Waals surface area contributed by atoms with Gasteiger partial charge >= 0.3 is 0 Å². The molecule has 0 amide bonds. The van der Waals surface area contributed by atoms with E-state index < -0.39 is 16.3 Å². The first-order chi connectivity index (χ1) is 10.2. The van der Waals surface area contributed by atoms with E-state index in [9.17, 15) is 8.42 Å². The number of nitrogens with zero attached hydrogens (tertiary/aromatic N) is 1. The second kappa shape index (κ2) is 4.99. The Balaban J connectivity index is 1.98. The van der Waals surface area contributed by atoms with E-state index in [1.165, 1.54) is 0 Å². The molecule has 0 fully saturated rings. The van der Waals surface area contributed by atoms with Gasteiger partial charge in [-0.1, -0.05) is 5.16 Å². The normalized spacial score (nSPS) is 17.0. The summed E-state index contributed by atoms with van der Waals surface area (Å²) in [5.74, 6) is 0.758. The van der Waals surface area contributed by atoms with Crippen LogP contribution in [0, 0.1) is 20.8 Å². The van der Waals surface area contributed by atoms with Crippen LogP contribution in [-0.4, -0.2) is 26.1 Å². The van der Waals surface area contributed by atoms with Gasteiger partial charge in [-0.2, -0.15) is 4.72 Å². The van der Waals surface area contributed by atoms with E-state index in [0.29, 0.717) is 0 Å². The summed E-state index contributed by atoms with van der Waals surface area (Å²) < 4.78 is 30.4. The zero-order valence-electron chi connectivity index (χ0n) is 12.8. The smallest absolute Gasteiger partial charge is 0.211 e. The van der Waals surface area contributed by atoms with Crippen LogP contribution in [0.25, 0.3) is 11.1 Å². The molecule has 22 heavy (non-hydrogen) atoms. The molecule has 0 radical (unpaired) electrons. The van der Waals surface area contributed by atoms with Gasteiger partial charge in [-0.15, -0.1) is 0 Å². The third kappa shape index (κ3) is 2.67. The summed E-state index contributed by atoms with van der Waals surface area (Å²) in [6.45, 7) is 5.74. The van der Waals surface area contributed by atoms with Gasteiger partial charge in [0, 0.05) is 5.56 Å². The highest BCUT2D eigenvalue weighted by Crippen LogP contribution is 2.38. The van der Waals surface area contributed by atoms with Crippen molar-refractivity contribution in [3.8, 4) is 11.1 Å². The van der Waals surface area contributed by atoms with E-state index in [0.717, 1.165) is 45.8 Å². The number of rotatable bonds is 3. The van der Waals surface area contributed by atoms with Gasteiger partial charge in [0.05, 0.1) is 23.3 Å². The van der Waals surface area contributed by atoms with Gasteiger partial charge in [-0.3, -0.25) is 0 Å². The molecule has 8 heteroatoms. The first-order valence-electron chi connectivity index (χ1n) is 6.83. The number of fused-ring (bicyclic) bond motifs is 1. The van der Waals surface area contributed by atoms with Crippen molar-refractivity contribution < 1.29 is 12.9 Å². The first-order valence-corrected chi connectivity index (χ1v) is 8.72. The van der Waals surface area contributed by atoms with Crippen molar-refractivity contribution in [2.24, 2.45) is 0 Å². The Morgan fingerprint density at radius 2 is 1.95 bits per heavy atom. The largest absolute Gasteiger partial charge is 0.361 e. The number of hydrogen-bond acceptors (Lipinski definition) is 6. The number of aryl methyl sites for hydroxylation is 3. The zero-order chi connectivity index (χ0) is 16.1. The van der Waals surface area contributed by atoms with Crippen LogP contribution in [0.4, 0.5) is 11.4 Å². The van der Waals surface area contributed by atoms with E-state index in [2.05, 4.69) is 20.5 Å². The fraction of sp³-hybridized carbons (Fsp3) is 0.357. The molecule has 0 bridgehead atoms. The minimum atomic E-state index is -3.30. The molecule has 3 rings (SSSR count). The predicted molar refractivity (Wildman–Crippen MR) is 85.2 cm³/mol. The van der Waals surface area contributed by atoms with Crippen molar-refractivity contribution in [1.29, 1.82) is 0 Å². The molecule has 0 aliphatic carbocycles. The number of benzene rings is 1. The average molecular weight is 322 g/mol. The van der Waals surface area contributed by atoms with Gasteiger partial charge in [-0.25, -0.2) is 8.42 Å². The number of anilines is 2. The SMILES string of the molecule is Cc1cc(-c2c(C)noc2C)cc2c1NC(NS(C)(=O)=O)N2. The van der Waals surface area contributed by atoms with Crippen LogP contribution in [0.3, 0.4) is 0 Å². The Kier molecular flexibility index (Phi) is 3.37. The summed E-state index contributed by atoms with van der Waals surface area (Å²) in [6, 6.07) is 3.99. The fourth-order valence-corrected chi connectivity index (χ4v) is 3.29. The summed E-state index contributed by atoms with van der Waals surface area (Å²) in [6.07, 6.45) is 0.574. The molecule has 0 saturated carbocycles. The summed E-state index contributed by atoms with van der Waals surface area (Å²) in [5, 5.41) is 10.2. The second-order valence-corrected chi connectivity index (χ2v) is 7.31. The van der Waals surface area contributed by atoms with Crippen LogP contribution in [0.2, 0.25) is 0 Å². The van der Waals surface area contributed by atoms with Crippen molar-refractivity contribution in [2.45, 2.75) is 27.1 Å². The zero-order valence-corrected chi connectivity index (χ0v) is 13.6. The Morgan fingerprint density at radius 3 is 2.55 bits per heavy atom. The van der Waals surface area contributed by atoms with E-state index in [-0.39, 0.29) is 0 Å². The van der Waals surface area contributed by atoms with Gasteiger partial charge in [-0.05, 0) is 44.0 Å². The van der Waals surface area contributed by atoms with Crippen LogP contribution in [-0.2, 0) is 10.0 Å². The van der Waals surface area contributed by atoms with E-state index >= 15 is 0 Å². The van der Waals surface area contributed by atoms with E-state index in [4.69, 9.17) is 4.52 Å². The van der Waals surface area contributed by atoms with Crippen molar-refractivity contribution >= 4 is 21.4 Å². The lowest BCUT2D eigenvalue weighted by Crippen LogP contribution is -2.42. The predicted octanol–water partition coefficient (Wildman–Crippen LogP) is 1.94. The van der Waals surface area contributed by atoms with Gasteiger partial charge in [0.25, 0.3) is 0 Å². The molecule has 1 aliphatic rings. The molecule has 1 aliphatic heterocycles. The topological polar surface area (TPSA) is 96.3 Å². The minimum absolute atomic E-state index is 0.552. The number of nitrogens with one attached hydrogen (secondary N) is 3. The minimum Gasteiger partial charge on any atom is -0.361 e. The maximum Gasteiger partial charge on any atom is 0.211 e. The van der Waals surface area contributed by atoms with Crippen LogP contribution in [0.15, 0.2) is 16.7 Å². The lowest BCUT2D eigenvalue weighted by molar-refractivity contribution is 0.393. The maximum atomic E-state index is 11.4. The van der Waals surface area contributed by atoms with Crippen molar-refractivity contribution in [3.05, 3.63) is 29.2 Å². The Morgan fingerprint density at radius 1 is 1.23 bits per heavy atom. The summed E-state index contributed by atoms with van der Waals surface area (Å²) in [5.41, 5.74) is 5.52. The van der Waals surface area contributed by atoms with E-state index in [1.54, 1.807) is 0 Å². The molecular formula is C14H18N4O3S. The molecule has 2 heterocycles. The van der Waals surface area contributed by atoms with Crippen LogP contribution in [0.5, 0.6) is 0 Å². The number of sulfonamides is 1. The summed E-state index contributed by atoms with van der Waals surface area (Å²) in [7, 11) is -3.30. The third-order valence-corrected chi connectivity index (χ3v) is 4.24. The van der Waals surface area contributed by atoms with Gasteiger partial charge in [0.1, 0.15) is 5.76 Å².